The van der Waals surface area contributed by atoms with E-state index in [-0.39, 0.29) is 11.3 Å². The highest BCUT2D eigenvalue weighted by molar-refractivity contribution is 6.30. The number of carbonyl (C=O) groups excluding carboxylic acids is 1. The van der Waals surface area contributed by atoms with E-state index in [1.807, 2.05) is 42.5 Å². The molecule has 0 radical (unpaired) electrons. The molecule has 0 heterocycles. The van der Waals surface area contributed by atoms with Crippen molar-refractivity contribution in [3.63, 3.8) is 0 Å². The Bertz CT molecular complexity index is 617. The van der Waals surface area contributed by atoms with Gasteiger partial charge in [-0.3, -0.25) is 4.79 Å². The topological polar surface area (TPSA) is 29.1 Å². The largest absolute Gasteiger partial charge is 0.351 e. The maximum Gasteiger partial charge on any atom is 0.230 e. The summed E-state index contributed by atoms with van der Waals surface area (Å²) in [6.07, 6.45) is 2.98. The molecule has 0 aliphatic heterocycles. The molecule has 0 aromatic heterocycles. The molecule has 2 aromatic carbocycles. The van der Waals surface area contributed by atoms with Crippen molar-refractivity contribution in [2.45, 2.75) is 31.2 Å². The number of hydrogen-bond acceptors (Lipinski definition) is 1. The van der Waals surface area contributed by atoms with Gasteiger partial charge in [-0.05, 0) is 36.1 Å². The summed E-state index contributed by atoms with van der Waals surface area (Å²) in [4.78, 5) is 12.7. The summed E-state index contributed by atoms with van der Waals surface area (Å²) in [5.41, 5.74) is 1.87. The van der Waals surface area contributed by atoms with Crippen LogP contribution in [-0.4, -0.2) is 5.91 Å². The summed E-state index contributed by atoms with van der Waals surface area (Å²) < 4.78 is 0. The molecular weight excluding hydrogens is 282 g/mol. The Morgan fingerprint density at radius 1 is 1.05 bits per heavy atom. The van der Waals surface area contributed by atoms with Crippen molar-refractivity contribution < 1.29 is 4.79 Å². The molecule has 1 saturated carbocycles. The maximum atomic E-state index is 12.7. The van der Waals surface area contributed by atoms with E-state index in [1.165, 1.54) is 0 Å². The first-order valence-corrected chi connectivity index (χ1v) is 7.67. The van der Waals surface area contributed by atoms with Crippen LogP contribution in [0.3, 0.4) is 0 Å². The van der Waals surface area contributed by atoms with Gasteiger partial charge in [-0.2, -0.15) is 0 Å². The summed E-state index contributed by atoms with van der Waals surface area (Å²) in [5.74, 6) is 0.134. The Balaban J connectivity index is 1.70. The summed E-state index contributed by atoms with van der Waals surface area (Å²) in [6.45, 7) is 0.546. The summed E-state index contributed by atoms with van der Waals surface area (Å²) >= 11 is 5.87. The Hall–Kier alpha value is -1.80. The number of amides is 1. The first-order valence-electron chi connectivity index (χ1n) is 7.29. The van der Waals surface area contributed by atoms with Crippen LogP contribution in [0.4, 0.5) is 0 Å². The second-order valence-corrected chi connectivity index (χ2v) is 6.05. The average molecular weight is 300 g/mol. The van der Waals surface area contributed by atoms with Crippen molar-refractivity contribution in [3.05, 3.63) is 70.7 Å². The smallest absolute Gasteiger partial charge is 0.230 e. The van der Waals surface area contributed by atoms with E-state index >= 15 is 0 Å². The summed E-state index contributed by atoms with van der Waals surface area (Å²) in [5, 5.41) is 3.79. The minimum absolute atomic E-state index is 0.134. The fourth-order valence-corrected chi connectivity index (χ4v) is 3.01. The van der Waals surface area contributed by atoms with Gasteiger partial charge in [-0.15, -0.1) is 0 Å². The van der Waals surface area contributed by atoms with Crippen LogP contribution in [0.25, 0.3) is 0 Å². The predicted octanol–water partition coefficient (Wildman–Crippen LogP) is 4.08. The number of nitrogens with one attached hydrogen (secondary N) is 1. The van der Waals surface area contributed by atoms with Crippen LogP contribution >= 0.6 is 11.6 Å². The van der Waals surface area contributed by atoms with Gasteiger partial charge in [0.05, 0.1) is 5.41 Å². The van der Waals surface area contributed by atoms with Crippen LogP contribution < -0.4 is 5.32 Å². The molecule has 1 fully saturated rings. The van der Waals surface area contributed by atoms with Crippen LogP contribution in [0.15, 0.2) is 54.6 Å². The highest BCUT2D eigenvalue weighted by Gasteiger charge is 2.45. The molecule has 0 spiro atoms. The zero-order valence-corrected chi connectivity index (χ0v) is 12.6. The average Bonchev–Trinajstić information content (AvgIpc) is 2.47. The van der Waals surface area contributed by atoms with E-state index in [9.17, 15) is 4.79 Å². The molecule has 3 heteroatoms. The van der Waals surface area contributed by atoms with Gasteiger partial charge in [0.2, 0.25) is 5.91 Å². The minimum atomic E-state index is -0.326. The number of halogens is 1. The lowest BCUT2D eigenvalue weighted by Crippen LogP contribution is -2.48. The Labute approximate surface area is 130 Å². The van der Waals surface area contributed by atoms with Crippen LogP contribution in [0, 0.1) is 0 Å². The predicted molar refractivity (Wildman–Crippen MR) is 85.3 cm³/mol. The van der Waals surface area contributed by atoms with Gasteiger partial charge >= 0.3 is 0 Å². The number of hydrogen-bond donors (Lipinski definition) is 1. The molecule has 1 aliphatic carbocycles. The molecule has 0 atom stereocenters. The normalized spacial score (nSPS) is 16.0. The Morgan fingerprint density at radius 2 is 1.71 bits per heavy atom. The van der Waals surface area contributed by atoms with Gasteiger partial charge in [0, 0.05) is 11.6 Å². The number of carbonyl (C=O) groups is 1. The van der Waals surface area contributed by atoms with Gasteiger partial charge in [-0.1, -0.05) is 60.5 Å². The van der Waals surface area contributed by atoms with Gasteiger partial charge in [0.25, 0.3) is 0 Å². The third-order valence-corrected chi connectivity index (χ3v) is 4.59. The molecule has 3 rings (SSSR count). The van der Waals surface area contributed by atoms with Crippen molar-refractivity contribution in [2.24, 2.45) is 0 Å². The van der Waals surface area contributed by atoms with Gasteiger partial charge in [0.1, 0.15) is 0 Å². The van der Waals surface area contributed by atoms with E-state index in [0.29, 0.717) is 11.6 Å². The highest BCUT2D eigenvalue weighted by atomic mass is 35.5. The van der Waals surface area contributed by atoms with Crippen LogP contribution in [0.2, 0.25) is 5.02 Å². The Kier molecular flexibility index (Phi) is 3.98. The zero-order valence-electron chi connectivity index (χ0n) is 11.8. The molecule has 0 saturated heterocycles. The fraction of sp³-hybridized carbons (Fsp3) is 0.278. The lowest BCUT2D eigenvalue weighted by molar-refractivity contribution is -0.130. The van der Waals surface area contributed by atoms with E-state index in [4.69, 9.17) is 11.6 Å². The van der Waals surface area contributed by atoms with Gasteiger partial charge < -0.3 is 5.32 Å². The molecule has 1 amide bonds. The molecular formula is C18H18ClNO. The molecule has 0 unspecified atom stereocenters. The maximum absolute atomic E-state index is 12.7. The van der Waals surface area contributed by atoms with Gasteiger partial charge in [0.15, 0.2) is 0 Å². The summed E-state index contributed by atoms with van der Waals surface area (Å²) in [6, 6.07) is 17.7. The third-order valence-electron chi connectivity index (χ3n) is 4.33. The standard InChI is InChI=1S/C18H18ClNO/c19-16-9-7-14(8-10-16)13-20-17(21)18(11-4-12-18)15-5-2-1-3-6-15/h1-3,5-10H,4,11-13H2,(H,20,21). The monoisotopic (exact) mass is 299 g/mol. The fourth-order valence-electron chi connectivity index (χ4n) is 2.89. The van der Waals surface area contributed by atoms with Crippen molar-refractivity contribution in [1.82, 2.24) is 5.32 Å². The highest BCUT2D eigenvalue weighted by Crippen LogP contribution is 2.43. The number of benzene rings is 2. The second-order valence-electron chi connectivity index (χ2n) is 5.61. The molecule has 2 aromatic rings. The van der Waals surface area contributed by atoms with Crippen LogP contribution in [-0.2, 0) is 16.8 Å². The van der Waals surface area contributed by atoms with E-state index in [0.717, 1.165) is 30.4 Å². The molecule has 1 aliphatic rings. The van der Waals surface area contributed by atoms with Crippen LogP contribution in [0.1, 0.15) is 30.4 Å². The minimum Gasteiger partial charge on any atom is -0.351 e. The van der Waals surface area contributed by atoms with E-state index in [2.05, 4.69) is 17.4 Å². The molecule has 2 nitrogen and oxygen atoms in total. The first kappa shape index (κ1) is 14.2. The van der Waals surface area contributed by atoms with Crippen molar-refractivity contribution >= 4 is 17.5 Å². The molecule has 0 bridgehead atoms. The third kappa shape index (κ3) is 2.81. The summed E-state index contributed by atoms with van der Waals surface area (Å²) in [7, 11) is 0. The quantitative estimate of drug-likeness (QED) is 0.905. The van der Waals surface area contributed by atoms with Crippen LogP contribution in [0.5, 0.6) is 0 Å². The van der Waals surface area contributed by atoms with E-state index in [1.54, 1.807) is 0 Å². The lowest BCUT2D eigenvalue weighted by Gasteiger charge is -2.40. The van der Waals surface area contributed by atoms with E-state index < -0.39 is 0 Å². The molecule has 1 N–H and O–H groups in total. The molecule has 21 heavy (non-hydrogen) atoms. The second kappa shape index (κ2) is 5.90. The van der Waals surface area contributed by atoms with Crippen molar-refractivity contribution in [2.75, 3.05) is 0 Å². The Morgan fingerprint density at radius 3 is 2.29 bits per heavy atom. The van der Waals surface area contributed by atoms with Crippen molar-refractivity contribution in [3.8, 4) is 0 Å². The van der Waals surface area contributed by atoms with Gasteiger partial charge in [-0.25, -0.2) is 0 Å². The lowest BCUT2D eigenvalue weighted by atomic mass is 9.64. The first-order chi connectivity index (χ1) is 10.2. The van der Waals surface area contributed by atoms with Crippen molar-refractivity contribution in [1.29, 1.82) is 0 Å². The zero-order chi connectivity index (χ0) is 14.7. The molecule has 108 valence electrons. The SMILES string of the molecule is O=C(NCc1ccc(Cl)cc1)C1(c2ccccc2)CCC1. The number of rotatable bonds is 4.